The highest BCUT2D eigenvalue weighted by molar-refractivity contribution is 7.19. The van der Waals surface area contributed by atoms with E-state index in [0.717, 1.165) is 38.5 Å². The molecule has 7 aromatic carbocycles. The summed E-state index contributed by atoms with van der Waals surface area (Å²) in [6, 6.07) is 64.1. The monoisotopic (exact) mass is 591 g/mol. The van der Waals surface area contributed by atoms with Crippen LogP contribution in [-0.4, -0.2) is 12.6 Å². The van der Waals surface area contributed by atoms with Crippen molar-refractivity contribution in [3.05, 3.63) is 176 Å². The second-order valence-electron chi connectivity index (χ2n) is 11.7. The number of aromatic nitrogens is 1. The van der Waals surface area contributed by atoms with Gasteiger partial charge in [0.2, 0.25) is 0 Å². The van der Waals surface area contributed by atoms with E-state index >= 15 is 0 Å². The van der Waals surface area contributed by atoms with Gasteiger partial charge in [0.25, 0.3) is 0 Å². The molecule has 0 radical (unpaired) electrons. The van der Waals surface area contributed by atoms with Crippen LogP contribution in [0, 0.1) is 0 Å². The highest BCUT2D eigenvalue weighted by atomic mass is 28.3. The Bertz CT molecular complexity index is 2360. The Morgan fingerprint density at radius 3 is 1.51 bits per heavy atom. The first-order valence-corrected chi connectivity index (χ1v) is 17.4. The van der Waals surface area contributed by atoms with Crippen molar-refractivity contribution < 1.29 is 4.42 Å². The summed E-state index contributed by atoms with van der Waals surface area (Å²) in [4.78, 5) is 0. The van der Waals surface area contributed by atoms with Gasteiger partial charge in [-0.15, -0.1) is 0 Å². The van der Waals surface area contributed by atoms with Crippen molar-refractivity contribution in [1.82, 2.24) is 4.57 Å². The van der Waals surface area contributed by atoms with E-state index in [4.69, 9.17) is 4.42 Å². The quantitative estimate of drug-likeness (QED) is 0.146. The fourth-order valence-corrected chi connectivity index (χ4v) is 12.2. The topological polar surface area (TPSA) is 18.1 Å². The molecule has 2 aromatic heterocycles. The molecule has 9 aromatic rings. The summed E-state index contributed by atoms with van der Waals surface area (Å²) in [5.74, 6) is 0. The Labute approximate surface area is 262 Å². The highest BCUT2D eigenvalue weighted by Crippen LogP contribution is 2.40. The van der Waals surface area contributed by atoms with E-state index in [2.05, 4.69) is 174 Å². The first kappa shape index (κ1) is 25.8. The summed E-state index contributed by atoms with van der Waals surface area (Å²) >= 11 is 0. The van der Waals surface area contributed by atoms with Crippen LogP contribution < -0.4 is 20.7 Å². The number of hydrogen-bond donors (Lipinski definition) is 0. The minimum Gasteiger partial charge on any atom is -0.455 e. The van der Waals surface area contributed by atoms with E-state index in [9.17, 15) is 0 Å². The van der Waals surface area contributed by atoms with Crippen molar-refractivity contribution >= 4 is 72.6 Å². The summed E-state index contributed by atoms with van der Waals surface area (Å²) in [5, 5.41) is 10.1. The van der Waals surface area contributed by atoms with Gasteiger partial charge in [0.05, 0.1) is 16.4 Å². The Balaban J connectivity index is 1.30. The maximum absolute atomic E-state index is 6.53. The minimum absolute atomic E-state index is 0.921. The molecule has 0 fully saturated rings. The number of rotatable bonds is 5. The van der Waals surface area contributed by atoms with Gasteiger partial charge in [-0.25, -0.2) is 0 Å². The van der Waals surface area contributed by atoms with Crippen molar-refractivity contribution in [2.24, 2.45) is 0 Å². The second kappa shape index (κ2) is 10.2. The van der Waals surface area contributed by atoms with Gasteiger partial charge in [-0.3, -0.25) is 0 Å². The van der Waals surface area contributed by atoms with Crippen LogP contribution >= 0.6 is 0 Å². The van der Waals surface area contributed by atoms with Crippen LogP contribution in [-0.2, 0) is 0 Å². The maximum atomic E-state index is 6.53. The molecule has 0 amide bonds. The Morgan fingerprint density at radius 1 is 0.378 bits per heavy atom. The summed E-state index contributed by atoms with van der Waals surface area (Å²) < 4.78 is 8.91. The molecule has 9 rings (SSSR count). The minimum atomic E-state index is -2.59. The first-order valence-electron chi connectivity index (χ1n) is 15.4. The molecule has 3 heteroatoms. The van der Waals surface area contributed by atoms with Gasteiger partial charge >= 0.3 is 0 Å². The molecule has 2 heterocycles. The van der Waals surface area contributed by atoms with Gasteiger partial charge in [0.1, 0.15) is 11.2 Å². The number of fused-ring (bicyclic) bond motifs is 7. The number of furan rings is 1. The van der Waals surface area contributed by atoms with Crippen molar-refractivity contribution in [2.75, 3.05) is 0 Å². The third kappa shape index (κ3) is 3.81. The van der Waals surface area contributed by atoms with E-state index in [1.807, 2.05) is 6.07 Å². The van der Waals surface area contributed by atoms with Gasteiger partial charge in [-0.2, -0.15) is 0 Å². The second-order valence-corrected chi connectivity index (χ2v) is 15.5. The smallest absolute Gasteiger partial charge is 0.179 e. The highest BCUT2D eigenvalue weighted by Gasteiger charge is 2.41. The maximum Gasteiger partial charge on any atom is 0.179 e. The van der Waals surface area contributed by atoms with Crippen LogP contribution in [0.5, 0.6) is 0 Å². The average molecular weight is 592 g/mol. The van der Waals surface area contributed by atoms with Crippen molar-refractivity contribution in [3.8, 4) is 5.69 Å². The van der Waals surface area contributed by atoms with Crippen LogP contribution in [0.3, 0.4) is 0 Å². The molecule has 0 spiro atoms. The lowest BCUT2D eigenvalue weighted by molar-refractivity contribution is 0.673. The zero-order valence-electron chi connectivity index (χ0n) is 24.6. The Morgan fingerprint density at radius 2 is 0.889 bits per heavy atom. The van der Waals surface area contributed by atoms with E-state index in [-0.39, 0.29) is 0 Å². The van der Waals surface area contributed by atoms with E-state index in [0.29, 0.717) is 0 Å². The number of nitrogens with zero attached hydrogens (tertiary/aromatic N) is 1. The molecule has 45 heavy (non-hydrogen) atoms. The molecule has 212 valence electrons. The van der Waals surface area contributed by atoms with Crippen LogP contribution in [0.25, 0.3) is 49.4 Å². The zero-order chi connectivity index (χ0) is 29.8. The lowest BCUT2D eigenvalue weighted by Gasteiger charge is -2.34. The first-order chi connectivity index (χ1) is 22.3. The molecule has 0 saturated carbocycles. The van der Waals surface area contributed by atoms with Crippen molar-refractivity contribution in [1.29, 1.82) is 0 Å². The van der Waals surface area contributed by atoms with Gasteiger partial charge in [-0.05, 0) is 57.1 Å². The summed E-state index contributed by atoms with van der Waals surface area (Å²) in [6.07, 6.45) is 0. The fourth-order valence-electron chi connectivity index (χ4n) is 7.44. The molecule has 2 nitrogen and oxygen atoms in total. The van der Waals surface area contributed by atoms with Crippen LogP contribution in [0.15, 0.2) is 180 Å². The van der Waals surface area contributed by atoms with Crippen molar-refractivity contribution in [3.63, 3.8) is 0 Å². The third-order valence-corrected chi connectivity index (χ3v) is 14.2. The molecule has 0 aliphatic rings. The van der Waals surface area contributed by atoms with Crippen LogP contribution in [0.2, 0.25) is 0 Å². The molecule has 0 atom stereocenters. The van der Waals surface area contributed by atoms with Crippen molar-refractivity contribution in [2.45, 2.75) is 0 Å². The summed E-state index contributed by atoms with van der Waals surface area (Å²) in [6.45, 7) is 0. The number of para-hydroxylation sites is 2. The van der Waals surface area contributed by atoms with Gasteiger partial charge in [-0.1, -0.05) is 140 Å². The Kier molecular flexibility index (Phi) is 5.87. The molecule has 0 aliphatic carbocycles. The average Bonchev–Trinajstić information content (AvgIpc) is 3.66. The fraction of sp³-hybridized carbons (Fsp3) is 0. The van der Waals surface area contributed by atoms with E-state index < -0.39 is 8.07 Å². The predicted octanol–water partition coefficient (Wildman–Crippen LogP) is 8.06. The SMILES string of the molecule is c1ccc([Si](c2ccccc2)(c2ccccc2)c2ccc(-n3c4ccccc4c4c5oc6ccccc6c5ccc43)cc2)cc1. The normalized spacial score (nSPS) is 12.0. The molecular weight excluding hydrogens is 563 g/mol. The Hall–Kier alpha value is -5.64. The summed E-state index contributed by atoms with van der Waals surface area (Å²) in [7, 11) is -2.59. The van der Waals surface area contributed by atoms with Gasteiger partial charge < -0.3 is 8.98 Å². The molecule has 0 bridgehead atoms. The molecule has 0 unspecified atom stereocenters. The lowest BCUT2D eigenvalue weighted by Crippen LogP contribution is -2.74. The standard InChI is InChI=1S/C42H29NOSi/c1-4-14-31(15-5-1)45(32-16-6-2-7-17-32,33-18-8-3-9-19-33)34-26-24-30(25-27-34)43-38-22-12-10-21-37(38)41-39(43)29-28-36-35-20-11-13-23-40(35)44-42(36)41/h1-29H. The molecule has 0 saturated heterocycles. The zero-order valence-corrected chi connectivity index (χ0v) is 25.6. The summed E-state index contributed by atoms with van der Waals surface area (Å²) in [5.41, 5.74) is 5.32. The van der Waals surface area contributed by atoms with Crippen LogP contribution in [0.4, 0.5) is 0 Å². The largest absolute Gasteiger partial charge is 0.455 e. The molecular formula is C42H29NOSi. The van der Waals surface area contributed by atoms with Crippen LogP contribution in [0.1, 0.15) is 0 Å². The number of hydrogen-bond acceptors (Lipinski definition) is 1. The van der Waals surface area contributed by atoms with Gasteiger partial charge in [0, 0.05) is 21.8 Å². The van der Waals surface area contributed by atoms with E-state index in [1.165, 1.54) is 31.6 Å². The third-order valence-electron chi connectivity index (χ3n) is 9.36. The van der Waals surface area contributed by atoms with E-state index in [1.54, 1.807) is 0 Å². The molecule has 0 aliphatic heterocycles. The molecule has 0 N–H and O–H groups in total. The lowest BCUT2D eigenvalue weighted by atomic mass is 10.1. The van der Waals surface area contributed by atoms with Gasteiger partial charge in [0.15, 0.2) is 8.07 Å². The predicted molar refractivity (Wildman–Crippen MR) is 192 cm³/mol. The number of benzene rings is 7.